The third-order valence-corrected chi connectivity index (χ3v) is 6.46. The van der Waals surface area contributed by atoms with Crippen molar-refractivity contribution in [3.8, 4) is 22.6 Å². The zero-order valence-corrected chi connectivity index (χ0v) is 17.5. The minimum absolute atomic E-state index is 0.0142. The van der Waals surface area contributed by atoms with E-state index in [1.54, 1.807) is 36.4 Å². The van der Waals surface area contributed by atoms with Crippen LogP contribution in [0.1, 0.15) is 39.4 Å². The van der Waals surface area contributed by atoms with Crippen LogP contribution in [0.5, 0.6) is 11.5 Å². The first-order valence-corrected chi connectivity index (χ1v) is 10.5. The Bertz CT molecular complexity index is 1140. The van der Waals surface area contributed by atoms with Gasteiger partial charge in [0.05, 0.1) is 12.3 Å². The Morgan fingerprint density at radius 2 is 2.00 bits per heavy atom. The molecule has 6 nitrogen and oxygen atoms in total. The van der Waals surface area contributed by atoms with Gasteiger partial charge in [-0.15, -0.1) is 11.3 Å². The number of ether oxygens (including phenoxy) is 1. The van der Waals surface area contributed by atoms with Crippen LogP contribution in [-0.4, -0.2) is 28.7 Å². The summed E-state index contributed by atoms with van der Waals surface area (Å²) in [4.78, 5) is 25.5. The van der Waals surface area contributed by atoms with Gasteiger partial charge >= 0.3 is 5.97 Å². The van der Waals surface area contributed by atoms with Crippen molar-refractivity contribution in [2.75, 3.05) is 11.9 Å². The lowest BCUT2D eigenvalue weighted by Crippen LogP contribution is -2.22. The summed E-state index contributed by atoms with van der Waals surface area (Å²) < 4.78 is 5.48. The maximum absolute atomic E-state index is 12.5. The summed E-state index contributed by atoms with van der Waals surface area (Å²) in [6.07, 6.45) is 0.170. The summed E-state index contributed by atoms with van der Waals surface area (Å²) >= 11 is 7.13. The molecule has 30 heavy (non-hydrogen) atoms. The average molecular weight is 444 g/mol. The number of halogens is 1. The van der Waals surface area contributed by atoms with Crippen molar-refractivity contribution >= 4 is 40.5 Å². The summed E-state index contributed by atoms with van der Waals surface area (Å²) in [5.74, 6) is -1.27. The van der Waals surface area contributed by atoms with Crippen molar-refractivity contribution in [3.05, 3.63) is 62.8 Å². The first kappa shape index (κ1) is 20.3. The molecule has 3 N–H and O–H groups in total. The molecule has 1 amide bonds. The highest BCUT2D eigenvalue weighted by Crippen LogP contribution is 2.50. The number of thiophene rings is 1. The summed E-state index contributed by atoms with van der Waals surface area (Å²) in [5.41, 5.74) is 2.41. The van der Waals surface area contributed by atoms with E-state index >= 15 is 0 Å². The van der Waals surface area contributed by atoms with Crippen LogP contribution in [0.15, 0.2) is 42.5 Å². The van der Waals surface area contributed by atoms with Gasteiger partial charge in [0.25, 0.3) is 0 Å². The Morgan fingerprint density at radius 3 is 2.67 bits per heavy atom. The lowest BCUT2D eigenvalue weighted by Gasteiger charge is -2.24. The Kier molecular flexibility index (Phi) is 5.40. The van der Waals surface area contributed by atoms with Gasteiger partial charge in [-0.1, -0.05) is 29.8 Å². The number of carbonyl (C=O) groups is 2. The second-order valence-corrected chi connectivity index (χ2v) is 8.31. The van der Waals surface area contributed by atoms with E-state index in [2.05, 4.69) is 5.32 Å². The molecule has 1 aliphatic rings. The van der Waals surface area contributed by atoms with Crippen LogP contribution >= 0.6 is 22.9 Å². The number of benzene rings is 2. The standard InChI is InChI=1S/C22H18ClNO5S/c1-2-29-16-9-12(5-8-15(16)25)14-10-17(26)24-19-18(11-3-6-13(23)7-4-11)21(22(27)28)30-20(14)19/h3-9,14,25H,2,10H2,1H3,(H,24,26)(H,27,28)/t14-/m0/s1. The highest BCUT2D eigenvalue weighted by atomic mass is 35.5. The molecular formula is C22H18ClNO5S. The predicted molar refractivity (Wildman–Crippen MR) is 116 cm³/mol. The van der Waals surface area contributed by atoms with Gasteiger partial charge in [0.1, 0.15) is 4.88 Å². The zero-order chi connectivity index (χ0) is 21.4. The molecule has 0 saturated heterocycles. The Balaban J connectivity index is 1.89. The highest BCUT2D eigenvalue weighted by molar-refractivity contribution is 7.15. The van der Waals surface area contributed by atoms with Crippen molar-refractivity contribution in [3.63, 3.8) is 0 Å². The number of rotatable bonds is 5. The maximum atomic E-state index is 12.5. The number of phenolic OH excluding ortho intramolecular Hbond substituents is 1. The van der Waals surface area contributed by atoms with E-state index in [1.807, 2.05) is 6.92 Å². The molecule has 1 atom stereocenters. The molecule has 0 aliphatic carbocycles. The Labute approximate surface area is 181 Å². The number of hydrogen-bond donors (Lipinski definition) is 3. The lowest BCUT2D eigenvalue weighted by atomic mass is 9.88. The quantitative estimate of drug-likeness (QED) is 0.494. The number of fused-ring (bicyclic) bond motifs is 1. The van der Waals surface area contributed by atoms with Gasteiger partial charge in [-0.05, 0) is 42.3 Å². The number of amides is 1. The third-order valence-electron chi connectivity index (χ3n) is 4.92. The molecular weight excluding hydrogens is 426 g/mol. The van der Waals surface area contributed by atoms with Gasteiger partial charge in [0.15, 0.2) is 11.5 Å². The minimum Gasteiger partial charge on any atom is -0.504 e. The van der Waals surface area contributed by atoms with Crippen molar-refractivity contribution in [2.24, 2.45) is 0 Å². The van der Waals surface area contributed by atoms with Crippen LogP contribution in [0.2, 0.25) is 5.02 Å². The number of anilines is 1. The molecule has 2 heterocycles. The lowest BCUT2D eigenvalue weighted by molar-refractivity contribution is -0.116. The van der Waals surface area contributed by atoms with Gasteiger partial charge in [0.2, 0.25) is 5.91 Å². The maximum Gasteiger partial charge on any atom is 0.346 e. The van der Waals surface area contributed by atoms with E-state index < -0.39 is 5.97 Å². The highest BCUT2D eigenvalue weighted by Gasteiger charge is 2.34. The molecule has 2 aromatic carbocycles. The fraction of sp³-hybridized carbons (Fsp3) is 0.182. The number of hydrogen-bond acceptors (Lipinski definition) is 5. The van der Waals surface area contributed by atoms with E-state index in [4.69, 9.17) is 16.3 Å². The minimum atomic E-state index is -1.06. The van der Waals surface area contributed by atoms with Gasteiger partial charge in [0, 0.05) is 27.8 Å². The number of carbonyl (C=O) groups excluding carboxylic acids is 1. The van der Waals surface area contributed by atoms with E-state index in [-0.39, 0.29) is 28.9 Å². The van der Waals surface area contributed by atoms with E-state index in [9.17, 15) is 19.8 Å². The number of carboxylic acid groups (broad SMARTS) is 1. The second-order valence-electron chi connectivity index (χ2n) is 6.82. The zero-order valence-electron chi connectivity index (χ0n) is 15.9. The Morgan fingerprint density at radius 1 is 1.27 bits per heavy atom. The SMILES string of the molecule is CCOc1cc([C@@H]2CC(=O)Nc3c2sc(C(=O)O)c3-c2ccc(Cl)cc2)ccc1O. The molecule has 1 aromatic heterocycles. The number of carboxylic acids is 1. The fourth-order valence-electron chi connectivity index (χ4n) is 3.62. The molecule has 0 radical (unpaired) electrons. The number of nitrogens with one attached hydrogen (secondary N) is 1. The van der Waals surface area contributed by atoms with Crippen molar-refractivity contribution in [2.45, 2.75) is 19.3 Å². The predicted octanol–water partition coefficient (Wildman–Crippen LogP) is 5.35. The number of aromatic carboxylic acids is 1. The molecule has 0 saturated carbocycles. The number of phenols is 1. The van der Waals surface area contributed by atoms with Gasteiger partial charge in [-0.3, -0.25) is 4.79 Å². The van der Waals surface area contributed by atoms with Crippen molar-refractivity contribution in [1.82, 2.24) is 0 Å². The molecule has 154 valence electrons. The third kappa shape index (κ3) is 3.62. The topological polar surface area (TPSA) is 95.9 Å². The fourth-order valence-corrected chi connectivity index (χ4v) is 4.99. The van der Waals surface area contributed by atoms with Gasteiger partial charge < -0.3 is 20.3 Å². The summed E-state index contributed by atoms with van der Waals surface area (Å²) in [6.45, 7) is 2.20. The molecule has 3 aromatic rings. The number of aromatic hydroxyl groups is 1. The van der Waals surface area contributed by atoms with Crippen molar-refractivity contribution < 1.29 is 24.5 Å². The van der Waals surface area contributed by atoms with E-state index in [0.29, 0.717) is 34.2 Å². The first-order valence-electron chi connectivity index (χ1n) is 9.30. The molecule has 0 unspecified atom stereocenters. The smallest absolute Gasteiger partial charge is 0.346 e. The first-order chi connectivity index (χ1) is 14.4. The van der Waals surface area contributed by atoms with E-state index in [1.165, 1.54) is 6.07 Å². The van der Waals surface area contributed by atoms with Gasteiger partial charge in [-0.25, -0.2) is 4.79 Å². The van der Waals surface area contributed by atoms with Gasteiger partial charge in [-0.2, -0.15) is 0 Å². The van der Waals surface area contributed by atoms with Crippen LogP contribution in [0, 0.1) is 0 Å². The molecule has 1 aliphatic heterocycles. The summed E-state index contributed by atoms with van der Waals surface area (Å²) in [6, 6.07) is 11.8. The van der Waals surface area contributed by atoms with Crippen molar-refractivity contribution in [1.29, 1.82) is 0 Å². The molecule has 0 bridgehead atoms. The second kappa shape index (κ2) is 8.01. The molecule has 4 rings (SSSR count). The monoisotopic (exact) mass is 443 g/mol. The molecule has 8 heteroatoms. The van der Waals surface area contributed by atoms with Crippen LogP contribution in [0.3, 0.4) is 0 Å². The normalized spacial score (nSPS) is 15.4. The summed E-state index contributed by atoms with van der Waals surface area (Å²) in [5, 5.41) is 23.2. The summed E-state index contributed by atoms with van der Waals surface area (Å²) in [7, 11) is 0. The largest absolute Gasteiger partial charge is 0.504 e. The molecule has 0 spiro atoms. The van der Waals surface area contributed by atoms with Crippen LogP contribution in [-0.2, 0) is 4.79 Å². The van der Waals surface area contributed by atoms with Crippen LogP contribution in [0.25, 0.3) is 11.1 Å². The van der Waals surface area contributed by atoms with Crippen LogP contribution < -0.4 is 10.1 Å². The molecule has 0 fully saturated rings. The van der Waals surface area contributed by atoms with Crippen LogP contribution in [0.4, 0.5) is 5.69 Å². The Hall–Kier alpha value is -3.03. The average Bonchev–Trinajstić information content (AvgIpc) is 3.09. The van der Waals surface area contributed by atoms with E-state index in [0.717, 1.165) is 21.8 Å².